The second-order valence-corrected chi connectivity index (χ2v) is 3.91. The highest BCUT2D eigenvalue weighted by atomic mass is 19.3. The van der Waals surface area contributed by atoms with Crippen LogP contribution in [0.2, 0.25) is 0 Å². The molecule has 1 heterocycles. The summed E-state index contributed by atoms with van der Waals surface area (Å²) in [5.74, 6) is 0.624. The molecule has 1 N–H and O–H groups in total. The summed E-state index contributed by atoms with van der Waals surface area (Å²) in [5.41, 5.74) is 0.813. The molecule has 0 radical (unpaired) electrons. The van der Waals surface area contributed by atoms with Crippen molar-refractivity contribution in [3.63, 3.8) is 0 Å². The zero-order valence-electron chi connectivity index (χ0n) is 9.79. The number of nitrogens with zero attached hydrogens (tertiary/aromatic N) is 2. The van der Waals surface area contributed by atoms with Crippen LogP contribution in [0.3, 0.4) is 0 Å². The molecule has 0 aliphatic carbocycles. The van der Waals surface area contributed by atoms with Gasteiger partial charge < -0.3 is 5.32 Å². The molecule has 0 unspecified atom stereocenters. The first-order chi connectivity index (χ1) is 7.65. The van der Waals surface area contributed by atoms with Gasteiger partial charge in [0.1, 0.15) is 6.54 Å². The van der Waals surface area contributed by atoms with Crippen molar-refractivity contribution in [3.05, 3.63) is 12.4 Å². The molecular formula is C11H19F2N3. The van der Waals surface area contributed by atoms with Gasteiger partial charge in [-0.1, -0.05) is 26.7 Å². The SMILES string of the molecule is CCC(CC)CNc1cnn(CC(F)F)c1. The Morgan fingerprint density at radius 2 is 2.06 bits per heavy atom. The molecule has 1 aromatic heterocycles. The average Bonchev–Trinajstić information content (AvgIpc) is 2.66. The molecule has 0 aliphatic rings. The number of alkyl halides is 2. The van der Waals surface area contributed by atoms with E-state index in [4.69, 9.17) is 0 Å². The zero-order chi connectivity index (χ0) is 12.0. The van der Waals surface area contributed by atoms with E-state index in [1.807, 2.05) is 0 Å². The highest BCUT2D eigenvalue weighted by Crippen LogP contribution is 2.11. The molecule has 0 amide bonds. The Labute approximate surface area is 94.8 Å². The Morgan fingerprint density at radius 3 is 2.62 bits per heavy atom. The molecule has 3 nitrogen and oxygen atoms in total. The number of halogens is 2. The first-order valence-electron chi connectivity index (χ1n) is 5.70. The lowest BCUT2D eigenvalue weighted by molar-refractivity contribution is 0.122. The fourth-order valence-corrected chi connectivity index (χ4v) is 1.54. The summed E-state index contributed by atoms with van der Waals surface area (Å²) in [6, 6.07) is 0. The lowest BCUT2D eigenvalue weighted by atomic mass is 10.0. The largest absolute Gasteiger partial charge is 0.382 e. The molecule has 0 aromatic carbocycles. The van der Waals surface area contributed by atoms with Gasteiger partial charge in [-0.15, -0.1) is 0 Å². The Morgan fingerprint density at radius 1 is 1.38 bits per heavy atom. The lowest BCUT2D eigenvalue weighted by Gasteiger charge is -2.12. The Hall–Kier alpha value is -1.13. The molecule has 0 bridgehead atoms. The van der Waals surface area contributed by atoms with Crippen molar-refractivity contribution in [1.82, 2.24) is 9.78 Å². The van der Waals surface area contributed by atoms with Crippen LogP contribution in [0.15, 0.2) is 12.4 Å². The molecule has 1 rings (SSSR count). The number of anilines is 1. The van der Waals surface area contributed by atoms with Gasteiger partial charge in [-0.3, -0.25) is 4.68 Å². The van der Waals surface area contributed by atoms with E-state index in [0.717, 1.165) is 25.1 Å². The van der Waals surface area contributed by atoms with E-state index in [9.17, 15) is 8.78 Å². The van der Waals surface area contributed by atoms with Crippen molar-refractivity contribution in [1.29, 1.82) is 0 Å². The maximum Gasteiger partial charge on any atom is 0.257 e. The predicted octanol–water partition coefficient (Wildman–Crippen LogP) is 3.00. The molecule has 0 atom stereocenters. The van der Waals surface area contributed by atoms with E-state index in [-0.39, 0.29) is 6.54 Å². The number of nitrogens with one attached hydrogen (secondary N) is 1. The summed E-state index contributed by atoms with van der Waals surface area (Å²) in [4.78, 5) is 0. The molecule has 0 aliphatic heterocycles. The van der Waals surface area contributed by atoms with Crippen molar-refractivity contribution >= 4 is 5.69 Å². The maximum absolute atomic E-state index is 12.1. The lowest BCUT2D eigenvalue weighted by Crippen LogP contribution is -2.12. The second-order valence-electron chi connectivity index (χ2n) is 3.91. The normalized spacial score (nSPS) is 11.4. The minimum atomic E-state index is -2.35. The molecule has 0 spiro atoms. The standard InChI is InChI=1S/C11H19F2N3/c1-3-9(4-2)5-14-10-6-15-16(7-10)8-11(12)13/h6-7,9,11,14H,3-5,8H2,1-2H3. The molecular weight excluding hydrogens is 212 g/mol. The fourth-order valence-electron chi connectivity index (χ4n) is 1.54. The summed E-state index contributed by atoms with van der Waals surface area (Å²) >= 11 is 0. The van der Waals surface area contributed by atoms with Crippen LogP contribution in [0.1, 0.15) is 26.7 Å². The number of rotatable bonds is 7. The molecule has 1 aromatic rings. The molecule has 92 valence electrons. The third-order valence-electron chi connectivity index (χ3n) is 2.71. The Kier molecular flexibility index (Phi) is 5.22. The monoisotopic (exact) mass is 231 g/mol. The van der Waals surface area contributed by atoms with Crippen molar-refractivity contribution in [3.8, 4) is 0 Å². The summed E-state index contributed by atoms with van der Waals surface area (Å²) in [6.07, 6.45) is 3.09. The van der Waals surface area contributed by atoms with Gasteiger partial charge in [0.15, 0.2) is 0 Å². The quantitative estimate of drug-likeness (QED) is 0.781. The van der Waals surface area contributed by atoms with Gasteiger partial charge in [-0.25, -0.2) is 8.78 Å². The van der Waals surface area contributed by atoms with Gasteiger partial charge in [0.25, 0.3) is 6.43 Å². The molecule has 0 saturated heterocycles. The second kappa shape index (κ2) is 6.45. The van der Waals surface area contributed by atoms with Gasteiger partial charge in [0.2, 0.25) is 0 Å². The zero-order valence-corrected chi connectivity index (χ0v) is 9.79. The van der Waals surface area contributed by atoms with Gasteiger partial charge in [-0.2, -0.15) is 5.10 Å². The summed E-state index contributed by atoms with van der Waals surface area (Å²) in [5, 5.41) is 7.07. The highest BCUT2D eigenvalue weighted by molar-refractivity contribution is 5.37. The Balaban J connectivity index is 2.39. The Bertz CT molecular complexity index is 295. The van der Waals surface area contributed by atoms with Gasteiger partial charge in [0.05, 0.1) is 11.9 Å². The predicted molar refractivity (Wildman–Crippen MR) is 60.8 cm³/mol. The van der Waals surface area contributed by atoms with Crippen molar-refractivity contribution < 1.29 is 8.78 Å². The summed E-state index contributed by atoms with van der Waals surface area (Å²) in [7, 11) is 0. The maximum atomic E-state index is 12.1. The summed E-state index contributed by atoms with van der Waals surface area (Å²) in [6.45, 7) is 4.83. The number of hydrogen-bond donors (Lipinski definition) is 1. The topological polar surface area (TPSA) is 29.9 Å². The van der Waals surface area contributed by atoms with E-state index in [0.29, 0.717) is 5.92 Å². The molecule has 16 heavy (non-hydrogen) atoms. The van der Waals surface area contributed by atoms with Crippen LogP contribution in [0.25, 0.3) is 0 Å². The van der Waals surface area contributed by atoms with Crippen molar-refractivity contribution in [2.75, 3.05) is 11.9 Å². The van der Waals surface area contributed by atoms with Gasteiger partial charge in [-0.05, 0) is 5.92 Å². The van der Waals surface area contributed by atoms with E-state index >= 15 is 0 Å². The minimum Gasteiger partial charge on any atom is -0.382 e. The minimum absolute atomic E-state index is 0.341. The first-order valence-corrected chi connectivity index (χ1v) is 5.70. The van der Waals surface area contributed by atoms with Crippen LogP contribution in [-0.4, -0.2) is 22.8 Å². The molecule has 5 heteroatoms. The van der Waals surface area contributed by atoms with Crippen LogP contribution in [-0.2, 0) is 6.54 Å². The fraction of sp³-hybridized carbons (Fsp3) is 0.727. The van der Waals surface area contributed by atoms with Crippen LogP contribution in [0, 0.1) is 5.92 Å². The number of aromatic nitrogens is 2. The van der Waals surface area contributed by atoms with E-state index < -0.39 is 6.43 Å². The van der Waals surface area contributed by atoms with E-state index in [1.165, 1.54) is 4.68 Å². The first kappa shape index (κ1) is 12.9. The number of hydrogen-bond acceptors (Lipinski definition) is 2. The van der Waals surface area contributed by atoms with E-state index in [2.05, 4.69) is 24.3 Å². The smallest absolute Gasteiger partial charge is 0.257 e. The third kappa shape index (κ3) is 4.16. The van der Waals surface area contributed by atoms with Crippen molar-refractivity contribution in [2.24, 2.45) is 5.92 Å². The average molecular weight is 231 g/mol. The van der Waals surface area contributed by atoms with Crippen molar-refractivity contribution in [2.45, 2.75) is 39.7 Å². The van der Waals surface area contributed by atoms with Crippen LogP contribution >= 0.6 is 0 Å². The highest BCUT2D eigenvalue weighted by Gasteiger charge is 2.07. The van der Waals surface area contributed by atoms with Gasteiger partial charge in [0, 0.05) is 12.7 Å². The third-order valence-corrected chi connectivity index (χ3v) is 2.71. The van der Waals surface area contributed by atoms with Crippen LogP contribution < -0.4 is 5.32 Å². The summed E-state index contributed by atoms with van der Waals surface area (Å²) < 4.78 is 25.4. The van der Waals surface area contributed by atoms with Gasteiger partial charge >= 0.3 is 0 Å². The van der Waals surface area contributed by atoms with Crippen LogP contribution in [0.4, 0.5) is 14.5 Å². The van der Waals surface area contributed by atoms with Crippen LogP contribution in [0.5, 0.6) is 0 Å². The molecule has 0 fully saturated rings. The molecule has 0 saturated carbocycles. The van der Waals surface area contributed by atoms with E-state index in [1.54, 1.807) is 12.4 Å².